The summed E-state index contributed by atoms with van der Waals surface area (Å²) in [6, 6.07) is 14.3. The van der Waals surface area contributed by atoms with Gasteiger partial charge in [0.2, 0.25) is 11.8 Å². The van der Waals surface area contributed by atoms with E-state index in [1.54, 1.807) is 37.4 Å². The van der Waals surface area contributed by atoms with E-state index in [2.05, 4.69) is 21.2 Å². The fraction of sp³-hybridized carbons (Fsp3) is 0.211. The zero-order chi connectivity index (χ0) is 19.4. The first-order valence-corrected chi connectivity index (χ1v) is 9.11. The van der Waals surface area contributed by atoms with Crippen LogP contribution in [0.15, 0.2) is 62.2 Å². The highest BCUT2D eigenvalue weighted by molar-refractivity contribution is 9.10. The maximum Gasteiger partial charge on any atom is 0.419 e. The number of para-hydroxylation sites is 3. The topological polar surface area (TPSA) is 84.5 Å². The Hall–Kier alpha value is -2.87. The molecule has 7 nitrogen and oxygen atoms in total. The van der Waals surface area contributed by atoms with E-state index in [-0.39, 0.29) is 31.3 Å². The zero-order valence-electron chi connectivity index (χ0n) is 14.6. The van der Waals surface area contributed by atoms with Crippen molar-refractivity contribution >= 4 is 44.5 Å². The van der Waals surface area contributed by atoms with Crippen LogP contribution >= 0.6 is 15.9 Å². The van der Waals surface area contributed by atoms with Crippen LogP contribution in [0, 0.1) is 0 Å². The summed E-state index contributed by atoms with van der Waals surface area (Å²) >= 11 is 3.36. The van der Waals surface area contributed by atoms with Gasteiger partial charge in [-0.1, -0.05) is 24.3 Å². The number of anilines is 1. The smallest absolute Gasteiger partial charge is 0.408 e. The van der Waals surface area contributed by atoms with Gasteiger partial charge in [-0.3, -0.25) is 14.2 Å². The molecule has 3 aromatic rings. The SMILES string of the molecule is CN(CC(=O)Nc1ccccc1Br)C(=O)CCn1c(=O)oc2ccccc21. The highest BCUT2D eigenvalue weighted by Crippen LogP contribution is 2.21. The maximum absolute atomic E-state index is 12.3. The van der Waals surface area contributed by atoms with Crippen molar-refractivity contribution in [2.75, 3.05) is 18.9 Å². The molecule has 8 heteroatoms. The second-order valence-corrected chi connectivity index (χ2v) is 6.87. The van der Waals surface area contributed by atoms with Gasteiger partial charge in [-0.25, -0.2) is 4.79 Å². The van der Waals surface area contributed by atoms with Gasteiger partial charge in [-0.05, 0) is 40.2 Å². The normalized spacial score (nSPS) is 10.7. The van der Waals surface area contributed by atoms with Crippen LogP contribution < -0.4 is 11.1 Å². The largest absolute Gasteiger partial charge is 0.419 e. The Labute approximate surface area is 163 Å². The number of fused-ring (bicyclic) bond motifs is 1. The molecule has 0 saturated heterocycles. The molecule has 2 amide bonds. The Kier molecular flexibility index (Phi) is 5.75. The van der Waals surface area contributed by atoms with Crippen LogP contribution in [-0.4, -0.2) is 34.9 Å². The van der Waals surface area contributed by atoms with Crippen LogP contribution in [-0.2, 0) is 16.1 Å². The molecule has 1 N–H and O–H groups in total. The molecule has 0 unspecified atom stereocenters. The van der Waals surface area contributed by atoms with Crippen molar-refractivity contribution in [1.82, 2.24) is 9.47 Å². The molecule has 0 aliphatic rings. The lowest BCUT2D eigenvalue weighted by molar-refractivity contribution is -0.133. The van der Waals surface area contributed by atoms with E-state index in [0.29, 0.717) is 16.8 Å². The van der Waals surface area contributed by atoms with Crippen molar-refractivity contribution in [3.8, 4) is 0 Å². The average molecular weight is 432 g/mol. The highest BCUT2D eigenvalue weighted by atomic mass is 79.9. The first-order valence-electron chi connectivity index (χ1n) is 8.32. The number of nitrogens with one attached hydrogen (secondary N) is 1. The van der Waals surface area contributed by atoms with E-state index in [1.165, 1.54) is 9.47 Å². The Balaban J connectivity index is 1.57. The van der Waals surface area contributed by atoms with E-state index < -0.39 is 5.76 Å². The summed E-state index contributed by atoms with van der Waals surface area (Å²) in [6.45, 7) is 0.103. The molecule has 0 radical (unpaired) electrons. The molecule has 0 fully saturated rings. The Morgan fingerprint density at radius 2 is 1.85 bits per heavy atom. The summed E-state index contributed by atoms with van der Waals surface area (Å²) in [7, 11) is 1.55. The summed E-state index contributed by atoms with van der Waals surface area (Å²) in [4.78, 5) is 37.7. The van der Waals surface area contributed by atoms with Gasteiger partial charge in [-0.15, -0.1) is 0 Å². The van der Waals surface area contributed by atoms with Gasteiger partial charge in [0, 0.05) is 24.5 Å². The van der Waals surface area contributed by atoms with Gasteiger partial charge in [0.25, 0.3) is 0 Å². The minimum absolute atomic E-state index is 0.0821. The van der Waals surface area contributed by atoms with Crippen molar-refractivity contribution in [3.05, 3.63) is 63.6 Å². The van der Waals surface area contributed by atoms with E-state index in [0.717, 1.165) is 4.47 Å². The monoisotopic (exact) mass is 431 g/mol. The van der Waals surface area contributed by atoms with E-state index in [9.17, 15) is 14.4 Å². The van der Waals surface area contributed by atoms with Gasteiger partial charge >= 0.3 is 5.76 Å². The third-order valence-electron chi connectivity index (χ3n) is 4.08. The van der Waals surface area contributed by atoms with Gasteiger partial charge in [0.15, 0.2) is 5.58 Å². The van der Waals surface area contributed by atoms with Crippen LogP contribution in [0.2, 0.25) is 0 Å². The second-order valence-electron chi connectivity index (χ2n) is 6.02. The van der Waals surface area contributed by atoms with Gasteiger partial charge in [-0.2, -0.15) is 0 Å². The molecule has 27 heavy (non-hydrogen) atoms. The van der Waals surface area contributed by atoms with Crippen molar-refractivity contribution in [3.63, 3.8) is 0 Å². The number of amides is 2. The van der Waals surface area contributed by atoms with Crippen molar-refractivity contribution in [2.45, 2.75) is 13.0 Å². The molecule has 0 bridgehead atoms. The molecule has 0 aliphatic heterocycles. The number of benzene rings is 2. The number of oxazole rings is 1. The van der Waals surface area contributed by atoms with Crippen LogP contribution in [0.4, 0.5) is 5.69 Å². The summed E-state index contributed by atoms with van der Waals surface area (Å²) in [5.41, 5.74) is 1.76. The summed E-state index contributed by atoms with van der Waals surface area (Å²) in [6.07, 6.45) is 0.0856. The van der Waals surface area contributed by atoms with E-state index in [4.69, 9.17) is 4.42 Å². The number of likely N-dealkylation sites (N-methyl/N-ethyl adjacent to an activating group) is 1. The molecular formula is C19H18BrN3O4. The summed E-state index contributed by atoms with van der Waals surface area (Å²) in [5.74, 6) is -1.04. The Bertz CT molecular complexity index is 1040. The number of carbonyl (C=O) groups excluding carboxylic acids is 2. The Morgan fingerprint density at radius 1 is 1.15 bits per heavy atom. The summed E-state index contributed by atoms with van der Waals surface area (Å²) in [5, 5.41) is 2.75. The van der Waals surface area contributed by atoms with Crippen molar-refractivity contribution < 1.29 is 14.0 Å². The quantitative estimate of drug-likeness (QED) is 0.650. The molecule has 1 aromatic heterocycles. The van der Waals surface area contributed by atoms with E-state index in [1.807, 2.05) is 18.2 Å². The Morgan fingerprint density at radius 3 is 2.63 bits per heavy atom. The van der Waals surface area contributed by atoms with E-state index >= 15 is 0 Å². The number of carbonyl (C=O) groups is 2. The number of aromatic nitrogens is 1. The lowest BCUT2D eigenvalue weighted by atomic mass is 10.3. The van der Waals surface area contributed by atoms with Gasteiger partial charge < -0.3 is 14.6 Å². The fourth-order valence-electron chi connectivity index (χ4n) is 2.68. The van der Waals surface area contributed by atoms with Crippen LogP contribution in [0.1, 0.15) is 6.42 Å². The number of aryl methyl sites for hydroxylation is 1. The predicted molar refractivity (Wildman–Crippen MR) is 105 cm³/mol. The van der Waals surface area contributed by atoms with Gasteiger partial charge in [0.1, 0.15) is 0 Å². The number of hydrogen-bond acceptors (Lipinski definition) is 4. The third-order valence-corrected chi connectivity index (χ3v) is 4.77. The average Bonchev–Trinajstić information content (AvgIpc) is 2.96. The molecule has 1 heterocycles. The number of rotatable bonds is 6. The van der Waals surface area contributed by atoms with Crippen LogP contribution in [0.3, 0.4) is 0 Å². The first kappa shape index (κ1) is 18.9. The molecular weight excluding hydrogens is 414 g/mol. The minimum atomic E-state index is -0.502. The molecule has 2 aromatic carbocycles. The summed E-state index contributed by atoms with van der Waals surface area (Å²) < 4.78 is 7.33. The van der Waals surface area contributed by atoms with Crippen LogP contribution in [0.25, 0.3) is 11.1 Å². The molecule has 140 valence electrons. The zero-order valence-corrected chi connectivity index (χ0v) is 16.2. The number of hydrogen-bond donors (Lipinski definition) is 1. The second kappa shape index (κ2) is 8.22. The lowest BCUT2D eigenvalue weighted by Gasteiger charge is -2.17. The van der Waals surface area contributed by atoms with Crippen LogP contribution in [0.5, 0.6) is 0 Å². The van der Waals surface area contributed by atoms with Crippen molar-refractivity contribution in [2.24, 2.45) is 0 Å². The third kappa shape index (κ3) is 4.46. The molecule has 0 aliphatic carbocycles. The minimum Gasteiger partial charge on any atom is -0.408 e. The first-order chi connectivity index (χ1) is 13.0. The maximum atomic E-state index is 12.3. The number of nitrogens with zero attached hydrogens (tertiary/aromatic N) is 2. The van der Waals surface area contributed by atoms with Crippen molar-refractivity contribution in [1.29, 1.82) is 0 Å². The lowest BCUT2D eigenvalue weighted by Crippen LogP contribution is -2.35. The number of halogens is 1. The van der Waals surface area contributed by atoms with Gasteiger partial charge in [0.05, 0.1) is 17.7 Å². The highest BCUT2D eigenvalue weighted by Gasteiger charge is 2.16. The molecule has 0 atom stereocenters. The standard InChI is InChI=1S/C19H18BrN3O4/c1-22(12-17(24)21-14-7-3-2-6-13(14)20)18(25)10-11-23-15-8-4-5-9-16(15)27-19(23)26/h2-9H,10-12H2,1H3,(H,21,24). The molecule has 3 rings (SSSR count). The molecule has 0 saturated carbocycles. The molecule has 0 spiro atoms. The predicted octanol–water partition coefficient (Wildman–Crippen LogP) is 2.84. The fourth-order valence-corrected chi connectivity index (χ4v) is 3.06.